The smallest absolute Gasteiger partial charge is 0.351 e. The molecule has 7 nitrogen and oxygen atoms in total. The van der Waals surface area contributed by atoms with Gasteiger partial charge in [0.15, 0.2) is 12.4 Å². The largest absolute Gasteiger partial charge is 0.394 e. The van der Waals surface area contributed by atoms with Gasteiger partial charge in [-0.1, -0.05) is 0 Å². The van der Waals surface area contributed by atoms with E-state index in [1.54, 1.807) is 0 Å². The molecule has 8 heteroatoms. The first-order valence-corrected chi connectivity index (χ1v) is 4.97. The van der Waals surface area contributed by atoms with Gasteiger partial charge < -0.3 is 20.7 Å². The first-order chi connectivity index (χ1) is 8.04. The molecule has 1 fully saturated rings. The molecule has 0 spiro atoms. The molecular weight excluding hydrogens is 233 g/mol. The number of hydrogen-bond donors (Lipinski definition) is 3. The Morgan fingerprint density at radius 3 is 2.88 bits per heavy atom. The Labute approximate surface area is 95.3 Å². The summed E-state index contributed by atoms with van der Waals surface area (Å²) in [6.07, 6.45) is -4.42. The molecular formula is C9H12FN3O4. The summed E-state index contributed by atoms with van der Waals surface area (Å²) < 4.78 is 19.6. The number of alkyl halides is 1. The third kappa shape index (κ3) is 2.02. The lowest BCUT2D eigenvalue weighted by Crippen LogP contribution is -2.33. The van der Waals surface area contributed by atoms with Gasteiger partial charge in [-0.05, 0) is 6.07 Å². The van der Waals surface area contributed by atoms with E-state index in [2.05, 4.69) is 4.98 Å². The summed E-state index contributed by atoms with van der Waals surface area (Å²) in [7, 11) is 0. The molecule has 0 radical (unpaired) electrons. The predicted molar refractivity (Wildman–Crippen MR) is 54.8 cm³/mol. The highest BCUT2D eigenvalue weighted by molar-refractivity contribution is 5.23. The Morgan fingerprint density at radius 1 is 1.65 bits per heavy atom. The summed E-state index contributed by atoms with van der Waals surface area (Å²) >= 11 is 0. The molecule has 4 N–H and O–H groups in total. The highest BCUT2D eigenvalue weighted by Gasteiger charge is 2.45. The number of rotatable bonds is 2. The van der Waals surface area contributed by atoms with Gasteiger partial charge in [0.05, 0.1) is 6.61 Å². The van der Waals surface area contributed by atoms with E-state index in [0.717, 1.165) is 4.57 Å². The summed E-state index contributed by atoms with van der Waals surface area (Å²) in [5, 5.41) is 18.3. The number of aliphatic hydroxyl groups is 2. The molecule has 1 aliphatic heterocycles. The van der Waals surface area contributed by atoms with Gasteiger partial charge >= 0.3 is 5.69 Å². The molecule has 0 saturated carbocycles. The molecule has 1 aliphatic rings. The van der Waals surface area contributed by atoms with Crippen LogP contribution in [0.2, 0.25) is 0 Å². The molecule has 0 amide bonds. The molecule has 2 heterocycles. The molecule has 1 aromatic heterocycles. The van der Waals surface area contributed by atoms with E-state index in [4.69, 9.17) is 15.6 Å². The van der Waals surface area contributed by atoms with Gasteiger partial charge in [0.1, 0.15) is 18.0 Å². The van der Waals surface area contributed by atoms with Crippen molar-refractivity contribution < 1.29 is 19.3 Å². The third-order valence-corrected chi connectivity index (χ3v) is 2.60. The number of aliphatic hydroxyl groups excluding tert-OH is 2. The van der Waals surface area contributed by atoms with Crippen LogP contribution in [-0.2, 0) is 4.74 Å². The molecule has 0 aliphatic carbocycles. The second kappa shape index (κ2) is 4.40. The fourth-order valence-corrected chi connectivity index (χ4v) is 1.70. The number of ether oxygens (including phenoxy) is 1. The van der Waals surface area contributed by atoms with Gasteiger partial charge in [-0.15, -0.1) is 0 Å². The van der Waals surface area contributed by atoms with Crippen molar-refractivity contribution in [1.82, 2.24) is 9.55 Å². The van der Waals surface area contributed by atoms with Gasteiger partial charge in [0, 0.05) is 6.20 Å². The number of hydrogen-bond acceptors (Lipinski definition) is 6. The topological polar surface area (TPSA) is 111 Å². The number of nitrogens with zero attached hydrogens (tertiary/aromatic N) is 2. The zero-order valence-corrected chi connectivity index (χ0v) is 8.73. The van der Waals surface area contributed by atoms with Crippen LogP contribution < -0.4 is 11.4 Å². The summed E-state index contributed by atoms with van der Waals surface area (Å²) in [5.41, 5.74) is 4.52. The van der Waals surface area contributed by atoms with Crippen molar-refractivity contribution in [2.24, 2.45) is 0 Å². The van der Waals surface area contributed by atoms with Crippen LogP contribution in [0.3, 0.4) is 0 Å². The first-order valence-electron chi connectivity index (χ1n) is 4.97. The zero-order chi connectivity index (χ0) is 12.6. The molecule has 0 bridgehead atoms. The van der Waals surface area contributed by atoms with E-state index in [1.165, 1.54) is 12.3 Å². The highest BCUT2D eigenvalue weighted by atomic mass is 19.1. The van der Waals surface area contributed by atoms with Crippen LogP contribution in [0.25, 0.3) is 0 Å². The van der Waals surface area contributed by atoms with Crippen LogP contribution in [0.4, 0.5) is 10.2 Å². The normalized spacial score (nSPS) is 32.9. The van der Waals surface area contributed by atoms with Gasteiger partial charge in [-0.25, -0.2) is 9.18 Å². The van der Waals surface area contributed by atoms with Crippen molar-refractivity contribution >= 4 is 5.82 Å². The monoisotopic (exact) mass is 245 g/mol. The first kappa shape index (κ1) is 12.0. The van der Waals surface area contributed by atoms with E-state index in [1.807, 2.05) is 0 Å². The molecule has 0 aromatic carbocycles. The van der Waals surface area contributed by atoms with E-state index in [9.17, 15) is 14.3 Å². The maximum Gasteiger partial charge on any atom is 0.351 e. The zero-order valence-electron chi connectivity index (χ0n) is 8.73. The van der Waals surface area contributed by atoms with Crippen molar-refractivity contribution in [2.75, 3.05) is 12.3 Å². The number of nitrogens with two attached hydrogens (primary N) is 1. The minimum absolute atomic E-state index is 0.0129. The van der Waals surface area contributed by atoms with Crippen molar-refractivity contribution in [3.8, 4) is 0 Å². The lowest BCUT2D eigenvalue weighted by molar-refractivity contribution is -0.0490. The second-order valence-corrected chi connectivity index (χ2v) is 3.72. The molecule has 1 aromatic rings. The quantitative estimate of drug-likeness (QED) is 0.579. The van der Waals surface area contributed by atoms with Crippen LogP contribution in [0.1, 0.15) is 6.23 Å². The van der Waals surface area contributed by atoms with E-state index >= 15 is 0 Å². The standard InChI is InChI=1S/C9H12FN3O4/c10-6-7(15)4(3-14)17-8(6)13-2-1-5(11)12-9(13)16/h1-2,4,6-8,14-15H,3H2,(H2,11,12,16)/t4-,6+,7-,8+/m1/s1. The molecule has 2 rings (SSSR count). The second-order valence-electron chi connectivity index (χ2n) is 3.72. The van der Waals surface area contributed by atoms with Crippen LogP contribution in [0.15, 0.2) is 17.1 Å². The van der Waals surface area contributed by atoms with Gasteiger partial charge in [-0.3, -0.25) is 4.57 Å². The lowest BCUT2D eigenvalue weighted by Gasteiger charge is -2.15. The number of anilines is 1. The van der Waals surface area contributed by atoms with Gasteiger partial charge in [0.2, 0.25) is 0 Å². The summed E-state index contributed by atoms with van der Waals surface area (Å²) in [6.45, 7) is -0.533. The SMILES string of the molecule is Nc1ccn([C@H]2O[C@H](CO)[C@@H](O)[C@@H]2F)c(=O)n1. The molecule has 0 unspecified atom stereocenters. The van der Waals surface area contributed by atoms with E-state index < -0.39 is 36.9 Å². The number of aromatic nitrogens is 2. The third-order valence-electron chi connectivity index (χ3n) is 2.60. The van der Waals surface area contributed by atoms with Crippen molar-refractivity contribution in [1.29, 1.82) is 0 Å². The maximum absolute atomic E-state index is 13.7. The predicted octanol–water partition coefficient (Wildman–Crippen LogP) is -1.59. The maximum atomic E-state index is 13.7. The fourth-order valence-electron chi connectivity index (χ4n) is 1.70. The average Bonchev–Trinajstić information content (AvgIpc) is 2.57. The van der Waals surface area contributed by atoms with Gasteiger partial charge in [-0.2, -0.15) is 4.98 Å². The van der Waals surface area contributed by atoms with E-state index in [-0.39, 0.29) is 5.82 Å². The summed E-state index contributed by atoms with van der Waals surface area (Å²) in [5.74, 6) is 0.0129. The van der Waals surface area contributed by atoms with Crippen molar-refractivity contribution in [3.63, 3.8) is 0 Å². The molecule has 1 saturated heterocycles. The Hall–Kier alpha value is -1.51. The van der Waals surface area contributed by atoms with Crippen LogP contribution in [-0.4, -0.2) is 44.8 Å². The molecule has 94 valence electrons. The summed E-state index contributed by atoms with van der Waals surface area (Å²) in [4.78, 5) is 14.9. The fraction of sp³-hybridized carbons (Fsp3) is 0.556. The minimum atomic E-state index is -1.81. The van der Waals surface area contributed by atoms with E-state index in [0.29, 0.717) is 0 Å². The van der Waals surface area contributed by atoms with Crippen LogP contribution >= 0.6 is 0 Å². The number of halogens is 1. The Bertz CT molecular complexity index is 466. The summed E-state index contributed by atoms with van der Waals surface area (Å²) in [6, 6.07) is 1.32. The highest BCUT2D eigenvalue weighted by Crippen LogP contribution is 2.30. The Kier molecular flexibility index (Phi) is 3.09. The Morgan fingerprint density at radius 2 is 2.35 bits per heavy atom. The van der Waals surface area contributed by atoms with Gasteiger partial charge in [0.25, 0.3) is 0 Å². The lowest BCUT2D eigenvalue weighted by atomic mass is 10.1. The number of nitrogen functional groups attached to an aromatic ring is 1. The van der Waals surface area contributed by atoms with Crippen molar-refractivity contribution in [2.45, 2.75) is 24.6 Å². The molecule has 17 heavy (non-hydrogen) atoms. The molecule has 4 atom stereocenters. The van der Waals surface area contributed by atoms with Crippen molar-refractivity contribution in [3.05, 3.63) is 22.7 Å². The van der Waals surface area contributed by atoms with Crippen LogP contribution in [0, 0.1) is 0 Å². The van der Waals surface area contributed by atoms with Crippen LogP contribution in [0.5, 0.6) is 0 Å². The Balaban J connectivity index is 2.32. The minimum Gasteiger partial charge on any atom is -0.394 e. The average molecular weight is 245 g/mol.